The van der Waals surface area contributed by atoms with E-state index in [0.29, 0.717) is 0 Å². The van der Waals surface area contributed by atoms with Crippen molar-refractivity contribution in [3.63, 3.8) is 0 Å². The van der Waals surface area contributed by atoms with E-state index in [4.69, 9.17) is 4.98 Å². The quantitative estimate of drug-likeness (QED) is 0.639. The molecule has 2 heteroatoms. The molecule has 1 heterocycles. The second-order valence-electron chi connectivity index (χ2n) is 5.50. The molecular formula is C21H22N2. The molecule has 0 saturated carbocycles. The fraction of sp³-hybridized carbons (Fsp3) is 0.190. The van der Waals surface area contributed by atoms with E-state index in [1.54, 1.807) is 0 Å². The first-order chi connectivity index (χ1) is 11.3. The minimum atomic E-state index is 0.954. The van der Waals surface area contributed by atoms with Gasteiger partial charge in [0.2, 0.25) is 0 Å². The van der Waals surface area contributed by atoms with E-state index in [9.17, 15) is 0 Å². The Bertz CT molecular complexity index is 690. The zero-order valence-corrected chi connectivity index (χ0v) is 13.7. The van der Waals surface area contributed by atoms with Crippen LogP contribution in [0.2, 0.25) is 0 Å². The van der Waals surface area contributed by atoms with E-state index in [1.807, 2.05) is 12.1 Å². The molecule has 0 bridgehead atoms. The van der Waals surface area contributed by atoms with E-state index in [1.165, 1.54) is 11.1 Å². The molecule has 0 saturated heterocycles. The predicted molar refractivity (Wildman–Crippen MR) is 98.7 cm³/mol. The molecule has 0 spiro atoms. The minimum absolute atomic E-state index is 0.954. The molecule has 1 aromatic heterocycles. The zero-order valence-electron chi connectivity index (χ0n) is 13.7. The molecule has 0 aliphatic rings. The number of rotatable bonds is 5. The third-order valence-electron chi connectivity index (χ3n) is 4.08. The Hall–Kier alpha value is -2.61. The summed E-state index contributed by atoms with van der Waals surface area (Å²) >= 11 is 0. The van der Waals surface area contributed by atoms with Crippen LogP contribution in [0.3, 0.4) is 0 Å². The van der Waals surface area contributed by atoms with Gasteiger partial charge in [-0.25, -0.2) is 4.98 Å². The molecule has 0 N–H and O–H groups in total. The summed E-state index contributed by atoms with van der Waals surface area (Å²) in [7, 11) is 0. The van der Waals surface area contributed by atoms with Crippen molar-refractivity contribution in [3.8, 4) is 22.4 Å². The van der Waals surface area contributed by atoms with Gasteiger partial charge in [0.05, 0.1) is 5.69 Å². The van der Waals surface area contributed by atoms with Crippen LogP contribution in [0.15, 0.2) is 72.8 Å². The van der Waals surface area contributed by atoms with Gasteiger partial charge in [0, 0.05) is 18.7 Å². The average molecular weight is 302 g/mol. The molecule has 2 nitrogen and oxygen atoms in total. The normalized spacial score (nSPS) is 10.5. The van der Waals surface area contributed by atoms with Crippen molar-refractivity contribution in [1.29, 1.82) is 0 Å². The van der Waals surface area contributed by atoms with Gasteiger partial charge in [-0.1, -0.05) is 60.7 Å². The number of pyridine rings is 1. The second-order valence-corrected chi connectivity index (χ2v) is 5.50. The summed E-state index contributed by atoms with van der Waals surface area (Å²) in [6.07, 6.45) is 0. The summed E-state index contributed by atoms with van der Waals surface area (Å²) in [5, 5.41) is 0. The molecule has 0 aliphatic heterocycles. The first-order valence-electron chi connectivity index (χ1n) is 8.19. The Morgan fingerprint density at radius 3 is 1.83 bits per heavy atom. The van der Waals surface area contributed by atoms with Gasteiger partial charge in [-0.05, 0) is 37.1 Å². The summed E-state index contributed by atoms with van der Waals surface area (Å²) in [5.74, 6) is 1.04. The van der Waals surface area contributed by atoms with Crippen molar-refractivity contribution >= 4 is 5.82 Å². The number of anilines is 1. The van der Waals surface area contributed by atoms with E-state index in [0.717, 1.165) is 30.2 Å². The number of hydrogen-bond acceptors (Lipinski definition) is 2. The summed E-state index contributed by atoms with van der Waals surface area (Å²) in [5.41, 5.74) is 4.61. The maximum atomic E-state index is 4.90. The van der Waals surface area contributed by atoms with Crippen LogP contribution < -0.4 is 4.90 Å². The number of nitrogens with zero attached hydrogens (tertiary/aromatic N) is 2. The van der Waals surface area contributed by atoms with Crippen molar-refractivity contribution in [2.24, 2.45) is 0 Å². The van der Waals surface area contributed by atoms with Gasteiger partial charge in [-0.2, -0.15) is 0 Å². The van der Waals surface area contributed by atoms with Crippen LogP contribution in [-0.2, 0) is 0 Å². The molecule has 23 heavy (non-hydrogen) atoms. The molecule has 0 unspecified atom stereocenters. The molecule has 0 amide bonds. The summed E-state index contributed by atoms with van der Waals surface area (Å²) in [4.78, 5) is 7.19. The largest absolute Gasteiger partial charge is 0.357 e. The topological polar surface area (TPSA) is 16.1 Å². The first kappa shape index (κ1) is 15.3. The SMILES string of the molecule is CCN(CC)c1cc(-c2ccccc2)cc(-c2ccccc2)n1. The van der Waals surface area contributed by atoms with Gasteiger partial charge in [0.15, 0.2) is 0 Å². The van der Waals surface area contributed by atoms with Crippen LogP contribution in [0.5, 0.6) is 0 Å². The molecule has 2 aromatic carbocycles. The van der Waals surface area contributed by atoms with Crippen molar-refractivity contribution in [2.75, 3.05) is 18.0 Å². The lowest BCUT2D eigenvalue weighted by atomic mass is 10.0. The van der Waals surface area contributed by atoms with Crippen molar-refractivity contribution in [2.45, 2.75) is 13.8 Å². The van der Waals surface area contributed by atoms with E-state index in [2.05, 4.69) is 79.4 Å². The van der Waals surface area contributed by atoms with Crippen molar-refractivity contribution in [1.82, 2.24) is 4.98 Å². The Morgan fingerprint density at radius 2 is 1.26 bits per heavy atom. The Kier molecular flexibility index (Phi) is 4.72. The first-order valence-corrected chi connectivity index (χ1v) is 8.19. The summed E-state index contributed by atoms with van der Waals surface area (Å²) in [6.45, 7) is 6.25. The lowest BCUT2D eigenvalue weighted by Gasteiger charge is -2.21. The molecule has 0 atom stereocenters. The molecule has 0 aliphatic carbocycles. The highest BCUT2D eigenvalue weighted by molar-refractivity contribution is 5.74. The lowest BCUT2D eigenvalue weighted by Crippen LogP contribution is -2.23. The number of aromatic nitrogens is 1. The fourth-order valence-electron chi connectivity index (χ4n) is 2.78. The van der Waals surface area contributed by atoms with Gasteiger partial charge in [-0.15, -0.1) is 0 Å². The predicted octanol–water partition coefficient (Wildman–Crippen LogP) is 5.26. The van der Waals surface area contributed by atoms with Gasteiger partial charge in [0.1, 0.15) is 5.82 Å². The Morgan fingerprint density at radius 1 is 0.696 bits per heavy atom. The summed E-state index contributed by atoms with van der Waals surface area (Å²) in [6, 6.07) is 25.3. The van der Waals surface area contributed by atoms with E-state index >= 15 is 0 Å². The Labute approximate surface area is 138 Å². The maximum Gasteiger partial charge on any atom is 0.129 e. The van der Waals surface area contributed by atoms with Crippen molar-refractivity contribution in [3.05, 3.63) is 72.8 Å². The monoisotopic (exact) mass is 302 g/mol. The standard InChI is InChI=1S/C21H22N2/c1-3-23(4-2)21-16-19(17-11-7-5-8-12-17)15-20(22-21)18-13-9-6-10-14-18/h5-16H,3-4H2,1-2H3. The van der Waals surface area contributed by atoms with Crippen LogP contribution >= 0.6 is 0 Å². The third-order valence-corrected chi connectivity index (χ3v) is 4.08. The number of hydrogen-bond donors (Lipinski definition) is 0. The van der Waals surface area contributed by atoms with Gasteiger partial charge in [0.25, 0.3) is 0 Å². The van der Waals surface area contributed by atoms with Crippen molar-refractivity contribution < 1.29 is 0 Å². The fourth-order valence-corrected chi connectivity index (χ4v) is 2.78. The van der Waals surface area contributed by atoms with Crippen LogP contribution in [-0.4, -0.2) is 18.1 Å². The Balaban J connectivity index is 2.15. The van der Waals surface area contributed by atoms with Gasteiger partial charge >= 0.3 is 0 Å². The highest BCUT2D eigenvalue weighted by atomic mass is 15.2. The highest BCUT2D eigenvalue weighted by Gasteiger charge is 2.10. The van der Waals surface area contributed by atoms with E-state index < -0.39 is 0 Å². The maximum absolute atomic E-state index is 4.90. The van der Waals surface area contributed by atoms with Crippen LogP contribution in [0.25, 0.3) is 22.4 Å². The van der Waals surface area contributed by atoms with Crippen LogP contribution in [0.4, 0.5) is 5.82 Å². The molecule has 0 fully saturated rings. The molecule has 116 valence electrons. The highest BCUT2D eigenvalue weighted by Crippen LogP contribution is 2.29. The number of benzene rings is 2. The second kappa shape index (κ2) is 7.10. The minimum Gasteiger partial charge on any atom is -0.357 e. The smallest absolute Gasteiger partial charge is 0.129 e. The van der Waals surface area contributed by atoms with Gasteiger partial charge < -0.3 is 4.90 Å². The van der Waals surface area contributed by atoms with Crippen LogP contribution in [0.1, 0.15) is 13.8 Å². The van der Waals surface area contributed by atoms with Gasteiger partial charge in [-0.3, -0.25) is 0 Å². The van der Waals surface area contributed by atoms with Crippen LogP contribution in [0, 0.1) is 0 Å². The third kappa shape index (κ3) is 3.42. The van der Waals surface area contributed by atoms with E-state index in [-0.39, 0.29) is 0 Å². The molecular weight excluding hydrogens is 280 g/mol. The molecule has 3 aromatic rings. The lowest BCUT2D eigenvalue weighted by molar-refractivity contribution is 0.847. The molecule has 0 radical (unpaired) electrons. The molecule has 3 rings (SSSR count). The summed E-state index contributed by atoms with van der Waals surface area (Å²) < 4.78 is 0. The average Bonchev–Trinajstić information content (AvgIpc) is 2.64. The zero-order chi connectivity index (χ0) is 16.1.